The molecule has 4 rings (SSSR count). The Morgan fingerprint density at radius 2 is 2.20 bits per heavy atom. The Kier molecular flexibility index (Phi) is 6.55. The van der Waals surface area contributed by atoms with Crippen molar-refractivity contribution in [2.24, 2.45) is 0 Å². The molecule has 0 unspecified atom stereocenters. The average Bonchev–Trinajstić information content (AvgIpc) is 3.32. The van der Waals surface area contributed by atoms with Crippen LogP contribution in [0, 0.1) is 0 Å². The minimum atomic E-state index is 0.243. The van der Waals surface area contributed by atoms with Crippen LogP contribution in [-0.2, 0) is 17.8 Å². The van der Waals surface area contributed by atoms with Crippen LogP contribution in [0.15, 0.2) is 42.5 Å². The molecule has 7 heteroatoms. The van der Waals surface area contributed by atoms with Gasteiger partial charge in [-0.1, -0.05) is 23.7 Å². The molecule has 0 radical (unpaired) electrons. The number of halogens is 1. The molecule has 1 aliphatic rings. The molecule has 6 nitrogen and oxygen atoms in total. The minimum Gasteiger partial charge on any atom is -0.497 e. The predicted octanol–water partition coefficient (Wildman–Crippen LogP) is 3.94. The van der Waals surface area contributed by atoms with E-state index in [1.807, 2.05) is 41.3 Å². The lowest BCUT2D eigenvalue weighted by molar-refractivity contribution is -0.129. The molecule has 2 heterocycles. The van der Waals surface area contributed by atoms with Gasteiger partial charge in [-0.2, -0.15) is 0 Å². The summed E-state index contributed by atoms with van der Waals surface area (Å²) in [6.07, 6.45) is 3.23. The first-order chi connectivity index (χ1) is 14.6. The number of ether oxygens (including phenoxy) is 1. The number of fused-ring (bicyclic) bond motifs is 1. The van der Waals surface area contributed by atoms with Gasteiger partial charge in [0.25, 0.3) is 0 Å². The van der Waals surface area contributed by atoms with Crippen LogP contribution in [0.4, 0.5) is 0 Å². The second-order valence-corrected chi connectivity index (χ2v) is 8.13. The van der Waals surface area contributed by atoms with Crippen LogP contribution in [0.2, 0.25) is 5.02 Å². The molecular weight excluding hydrogens is 400 g/mol. The Morgan fingerprint density at radius 1 is 1.30 bits per heavy atom. The fraction of sp³-hybridized carbons (Fsp3) is 0.391. The number of hydrogen-bond donors (Lipinski definition) is 2. The molecule has 30 heavy (non-hydrogen) atoms. The number of carbonyl (C=O) groups excluding carboxylic acids is 1. The molecule has 0 saturated carbocycles. The van der Waals surface area contributed by atoms with Crippen LogP contribution in [0.25, 0.3) is 11.0 Å². The van der Waals surface area contributed by atoms with Crippen molar-refractivity contribution in [2.45, 2.75) is 38.3 Å². The normalized spacial score (nSPS) is 16.5. The molecule has 1 aliphatic heterocycles. The van der Waals surface area contributed by atoms with E-state index in [2.05, 4.69) is 21.4 Å². The highest BCUT2D eigenvalue weighted by Crippen LogP contribution is 2.22. The Bertz CT molecular complexity index is 1020. The van der Waals surface area contributed by atoms with E-state index in [1.54, 1.807) is 7.11 Å². The van der Waals surface area contributed by atoms with E-state index in [4.69, 9.17) is 16.3 Å². The Hall–Kier alpha value is -2.57. The molecule has 2 N–H and O–H groups in total. The number of nitrogens with zero attached hydrogens (tertiary/aromatic N) is 2. The average molecular weight is 427 g/mol. The molecule has 1 amide bonds. The van der Waals surface area contributed by atoms with Crippen LogP contribution in [0.1, 0.15) is 30.7 Å². The molecule has 1 saturated heterocycles. The second kappa shape index (κ2) is 9.49. The van der Waals surface area contributed by atoms with Gasteiger partial charge >= 0.3 is 0 Å². The monoisotopic (exact) mass is 426 g/mol. The van der Waals surface area contributed by atoms with E-state index >= 15 is 0 Å². The van der Waals surface area contributed by atoms with Gasteiger partial charge in [-0.05, 0) is 55.3 Å². The number of hydrogen-bond acceptors (Lipinski definition) is 4. The lowest BCUT2D eigenvalue weighted by atomic mass is 10.1. The van der Waals surface area contributed by atoms with Gasteiger partial charge in [-0.15, -0.1) is 0 Å². The standard InChI is InChI=1S/C23H27ClN4O2/c1-30-19-4-2-3-16(13-19)15-25-11-9-18-6-8-23(29)28(18)12-10-22-26-20-7-5-17(24)14-21(20)27-22/h2-5,7,13-14,18,25H,6,8-12,15H2,1H3,(H,26,27)/t18-/m1/s1. The molecule has 1 aromatic heterocycles. The molecule has 1 atom stereocenters. The van der Waals surface area contributed by atoms with Crippen LogP contribution < -0.4 is 10.1 Å². The molecule has 2 aromatic carbocycles. The van der Waals surface area contributed by atoms with E-state index in [1.165, 1.54) is 5.56 Å². The number of aromatic amines is 1. The van der Waals surface area contributed by atoms with Crippen LogP contribution in [-0.4, -0.2) is 47.0 Å². The van der Waals surface area contributed by atoms with Gasteiger partial charge in [-0.3, -0.25) is 4.79 Å². The van der Waals surface area contributed by atoms with E-state index < -0.39 is 0 Å². The fourth-order valence-electron chi connectivity index (χ4n) is 4.06. The third-order valence-electron chi connectivity index (χ3n) is 5.65. The number of imidazole rings is 1. The van der Waals surface area contributed by atoms with Gasteiger partial charge in [0.2, 0.25) is 5.91 Å². The zero-order valence-electron chi connectivity index (χ0n) is 17.2. The third-order valence-corrected chi connectivity index (χ3v) is 5.89. The molecule has 158 valence electrons. The molecule has 0 aliphatic carbocycles. The van der Waals surface area contributed by atoms with Gasteiger partial charge < -0.3 is 19.9 Å². The Labute approximate surface area is 181 Å². The van der Waals surface area contributed by atoms with Crippen molar-refractivity contribution in [3.8, 4) is 5.75 Å². The number of H-pyrrole nitrogens is 1. The zero-order chi connectivity index (χ0) is 20.9. The first-order valence-corrected chi connectivity index (χ1v) is 10.8. The summed E-state index contributed by atoms with van der Waals surface area (Å²) in [4.78, 5) is 22.3. The van der Waals surface area contributed by atoms with Crippen molar-refractivity contribution in [1.29, 1.82) is 0 Å². The maximum atomic E-state index is 12.4. The van der Waals surface area contributed by atoms with Gasteiger partial charge in [0.15, 0.2) is 0 Å². The highest BCUT2D eigenvalue weighted by Gasteiger charge is 2.30. The van der Waals surface area contributed by atoms with E-state index in [-0.39, 0.29) is 11.9 Å². The molecule has 3 aromatic rings. The Balaban J connectivity index is 1.27. The summed E-state index contributed by atoms with van der Waals surface area (Å²) in [6, 6.07) is 14.0. The number of nitrogens with one attached hydrogen (secondary N) is 2. The number of benzene rings is 2. The molecule has 0 bridgehead atoms. The van der Waals surface area contributed by atoms with Crippen LogP contribution in [0.5, 0.6) is 5.75 Å². The molecule has 1 fully saturated rings. The summed E-state index contributed by atoms with van der Waals surface area (Å²) in [6.45, 7) is 2.35. The molecular formula is C23H27ClN4O2. The summed E-state index contributed by atoms with van der Waals surface area (Å²) in [7, 11) is 1.68. The Morgan fingerprint density at radius 3 is 3.07 bits per heavy atom. The van der Waals surface area contributed by atoms with E-state index in [0.717, 1.165) is 48.5 Å². The van der Waals surface area contributed by atoms with Crippen molar-refractivity contribution in [3.05, 3.63) is 58.9 Å². The maximum absolute atomic E-state index is 12.4. The quantitative estimate of drug-likeness (QED) is 0.508. The van der Waals surface area contributed by atoms with Gasteiger partial charge in [0.05, 0.1) is 18.1 Å². The second-order valence-electron chi connectivity index (χ2n) is 7.69. The van der Waals surface area contributed by atoms with Crippen molar-refractivity contribution < 1.29 is 9.53 Å². The number of methoxy groups -OCH3 is 1. The number of amides is 1. The largest absolute Gasteiger partial charge is 0.497 e. The number of aromatic nitrogens is 2. The summed E-state index contributed by atoms with van der Waals surface area (Å²) < 4.78 is 5.27. The molecule has 0 spiro atoms. The van der Waals surface area contributed by atoms with E-state index in [9.17, 15) is 4.79 Å². The number of likely N-dealkylation sites (tertiary alicyclic amines) is 1. The number of carbonyl (C=O) groups is 1. The third kappa shape index (κ3) is 4.94. The van der Waals surface area contributed by atoms with Crippen LogP contribution in [0.3, 0.4) is 0 Å². The first-order valence-electron chi connectivity index (χ1n) is 10.4. The summed E-state index contributed by atoms with van der Waals surface area (Å²) in [5.41, 5.74) is 3.03. The predicted molar refractivity (Wildman–Crippen MR) is 119 cm³/mol. The van der Waals surface area contributed by atoms with Crippen LogP contribution >= 0.6 is 11.6 Å². The van der Waals surface area contributed by atoms with Crippen molar-refractivity contribution in [2.75, 3.05) is 20.2 Å². The lowest BCUT2D eigenvalue weighted by Gasteiger charge is -2.24. The summed E-state index contributed by atoms with van der Waals surface area (Å²) in [5.74, 6) is 2.00. The topological polar surface area (TPSA) is 70.2 Å². The van der Waals surface area contributed by atoms with Gasteiger partial charge in [0.1, 0.15) is 11.6 Å². The maximum Gasteiger partial charge on any atom is 0.222 e. The van der Waals surface area contributed by atoms with Crippen molar-refractivity contribution >= 4 is 28.5 Å². The summed E-state index contributed by atoms with van der Waals surface area (Å²) >= 11 is 6.05. The number of rotatable bonds is 9. The lowest BCUT2D eigenvalue weighted by Crippen LogP contribution is -2.36. The smallest absolute Gasteiger partial charge is 0.222 e. The highest BCUT2D eigenvalue weighted by atomic mass is 35.5. The minimum absolute atomic E-state index is 0.243. The fourth-order valence-corrected chi connectivity index (χ4v) is 4.24. The van der Waals surface area contributed by atoms with Crippen molar-refractivity contribution in [1.82, 2.24) is 20.2 Å². The van der Waals surface area contributed by atoms with Crippen molar-refractivity contribution in [3.63, 3.8) is 0 Å². The first kappa shape index (κ1) is 20.7. The van der Waals surface area contributed by atoms with Gasteiger partial charge in [0, 0.05) is 37.0 Å². The summed E-state index contributed by atoms with van der Waals surface area (Å²) in [5, 5.41) is 4.18. The van der Waals surface area contributed by atoms with E-state index in [0.29, 0.717) is 24.4 Å². The SMILES string of the molecule is COc1cccc(CNCC[C@H]2CCC(=O)N2CCc2nc3ccc(Cl)cc3[nH]2)c1. The zero-order valence-corrected chi connectivity index (χ0v) is 17.9. The highest BCUT2D eigenvalue weighted by molar-refractivity contribution is 6.31. The van der Waals surface area contributed by atoms with Gasteiger partial charge in [-0.25, -0.2) is 4.98 Å².